The van der Waals surface area contributed by atoms with Gasteiger partial charge in [0.2, 0.25) is 5.89 Å². The Labute approximate surface area is 140 Å². The van der Waals surface area contributed by atoms with Crippen LogP contribution in [-0.2, 0) is 12.0 Å². The lowest BCUT2D eigenvalue weighted by Crippen LogP contribution is -2.34. The lowest BCUT2D eigenvalue weighted by atomic mass is 9.94. The molecule has 0 saturated carbocycles. The van der Waals surface area contributed by atoms with Gasteiger partial charge in [0.25, 0.3) is 5.91 Å². The molecule has 0 spiro atoms. The summed E-state index contributed by atoms with van der Waals surface area (Å²) >= 11 is 0. The van der Waals surface area contributed by atoms with E-state index in [1.54, 1.807) is 6.07 Å². The van der Waals surface area contributed by atoms with Crippen LogP contribution in [0.3, 0.4) is 0 Å². The molecule has 24 heavy (non-hydrogen) atoms. The molecule has 3 rings (SSSR count). The van der Waals surface area contributed by atoms with Crippen molar-refractivity contribution >= 4 is 5.91 Å². The highest BCUT2D eigenvalue weighted by molar-refractivity contribution is 5.90. The van der Waals surface area contributed by atoms with Crippen molar-refractivity contribution in [1.29, 1.82) is 0 Å². The normalized spacial score (nSPS) is 19.5. The topological polar surface area (TPSA) is 114 Å². The number of aromatic nitrogens is 4. The number of primary amides is 1. The molecule has 8 nitrogen and oxygen atoms in total. The molecule has 2 aromatic heterocycles. The summed E-state index contributed by atoms with van der Waals surface area (Å²) < 4.78 is 5.39. The van der Waals surface area contributed by atoms with Crippen LogP contribution in [0.25, 0.3) is 0 Å². The second-order valence-corrected chi connectivity index (χ2v) is 7.41. The van der Waals surface area contributed by atoms with E-state index in [-0.39, 0.29) is 11.1 Å². The first-order valence-corrected chi connectivity index (χ1v) is 8.23. The summed E-state index contributed by atoms with van der Waals surface area (Å²) in [7, 11) is 0. The van der Waals surface area contributed by atoms with Crippen LogP contribution in [0.1, 0.15) is 67.4 Å². The Morgan fingerprint density at radius 1 is 1.50 bits per heavy atom. The van der Waals surface area contributed by atoms with Crippen molar-refractivity contribution < 1.29 is 9.32 Å². The molecule has 130 valence electrons. The summed E-state index contributed by atoms with van der Waals surface area (Å²) in [6, 6.07) is 1.75. The average molecular weight is 332 g/mol. The molecule has 8 heteroatoms. The number of likely N-dealkylation sites (tertiary alicyclic amines) is 1. The van der Waals surface area contributed by atoms with Crippen LogP contribution in [0.5, 0.6) is 0 Å². The number of carbonyl (C=O) groups excluding carboxylic acids is 1. The van der Waals surface area contributed by atoms with E-state index < -0.39 is 5.91 Å². The van der Waals surface area contributed by atoms with Crippen LogP contribution in [0.15, 0.2) is 10.6 Å². The van der Waals surface area contributed by atoms with Crippen molar-refractivity contribution in [2.45, 2.75) is 51.5 Å². The van der Waals surface area contributed by atoms with Gasteiger partial charge in [-0.2, -0.15) is 10.1 Å². The number of hydrogen-bond donors (Lipinski definition) is 2. The van der Waals surface area contributed by atoms with Gasteiger partial charge >= 0.3 is 0 Å². The minimum atomic E-state index is -0.509. The van der Waals surface area contributed by atoms with Gasteiger partial charge in [-0.25, -0.2) is 0 Å². The van der Waals surface area contributed by atoms with E-state index >= 15 is 0 Å². The van der Waals surface area contributed by atoms with Gasteiger partial charge in [-0.05, 0) is 25.5 Å². The molecule has 1 fully saturated rings. The van der Waals surface area contributed by atoms with Crippen LogP contribution in [0, 0.1) is 0 Å². The van der Waals surface area contributed by atoms with Gasteiger partial charge in [0.1, 0.15) is 5.69 Å². The van der Waals surface area contributed by atoms with E-state index in [1.165, 1.54) is 0 Å². The standard InChI is InChI=1S/C16H24N6O2/c1-16(2,3)15-18-13(24-21-15)9-22-6-4-5-10(8-22)11-7-12(14(17)23)20-19-11/h7,10H,4-6,8-9H2,1-3H3,(H2,17,23)(H,19,20). The fourth-order valence-electron chi connectivity index (χ4n) is 2.94. The van der Waals surface area contributed by atoms with Crippen LogP contribution in [-0.4, -0.2) is 44.2 Å². The number of amides is 1. The number of nitrogens with one attached hydrogen (secondary N) is 1. The van der Waals surface area contributed by atoms with Gasteiger partial charge in [0.15, 0.2) is 5.82 Å². The first-order valence-electron chi connectivity index (χ1n) is 8.23. The minimum Gasteiger partial charge on any atom is -0.364 e. The number of H-pyrrole nitrogens is 1. The Kier molecular flexibility index (Phi) is 4.40. The third-order valence-electron chi connectivity index (χ3n) is 4.29. The Balaban J connectivity index is 1.65. The van der Waals surface area contributed by atoms with Gasteiger partial charge in [-0.3, -0.25) is 14.8 Å². The Hall–Kier alpha value is -2.22. The van der Waals surface area contributed by atoms with Crippen molar-refractivity contribution in [2.24, 2.45) is 5.73 Å². The number of nitrogens with zero attached hydrogens (tertiary/aromatic N) is 4. The minimum absolute atomic E-state index is 0.118. The van der Waals surface area contributed by atoms with Crippen molar-refractivity contribution in [3.05, 3.63) is 29.2 Å². The maximum atomic E-state index is 11.2. The van der Waals surface area contributed by atoms with Gasteiger partial charge in [-0.1, -0.05) is 25.9 Å². The number of hydrogen-bond acceptors (Lipinski definition) is 6. The lowest BCUT2D eigenvalue weighted by Gasteiger charge is -2.31. The van der Waals surface area contributed by atoms with Crippen LogP contribution in [0.4, 0.5) is 0 Å². The third-order valence-corrected chi connectivity index (χ3v) is 4.29. The number of piperidine rings is 1. The molecule has 0 aromatic carbocycles. The van der Waals surface area contributed by atoms with Crippen LogP contribution in [0.2, 0.25) is 0 Å². The molecule has 1 aliphatic rings. The molecular weight excluding hydrogens is 308 g/mol. The number of rotatable bonds is 4. The first kappa shape index (κ1) is 16.6. The van der Waals surface area contributed by atoms with Crippen molar-refractivity contribution in [3.63, 3.8) is 0 Å². The van der Waals surface area contributed by atoms with E-state index in [0.29, 0.717) is 18.4 Å². The van der Waals surface area contributed by atoms with Gasteiger partial charge in [0, 0.05) is 23.6 Å². The molecule has 1 amide bonds. The number of carbonyl (C=O) groups is 1. The van der Waals surface area contributed by atoms with Gasteiger partial charge in [0.05, 0.1) is 6.54 Å². The fourth-order valence-corrected chi connectivity index (χ4v) is 2.94. The molecule has 0 aliphatic carbocycles. The second kappa shape index (κ2) is 6.35. The average Bonchev–Trinajstić information content (AvgIpc) is 3.16. The van der Waals surface area contributed by atoms with Crippen molar-refractivity contribution in [3.8, 4) is 0 Å². The summed E-state index contributed by atoms with van der Waals surface area (Å²) in [6.07, 6.45) is 2.11. The number of aromatic amines is 1. The highest BCUT2D eigenvalue weighted by atomic mass is 16.5. The number of nitrogens with two attached hydrogens (primary N) is 1. The molecule has 0 radical (unpaired) electrons. The van der Waals surface area contributed by atoms with Crippen molar-refractivity contribution in [1.82, 2.24) is 25.2 Å². The smallest absolute Gasteiger partial charge is 0.269 e. The van der Waals surface area contributed by atoms with Crippen molar-refractivity contribution in [2.75, 3.05) is 13.1 Å². The molecule has 2 aromatic rings. The molecule has 1 unspecified atom stereocenters. The molecule has 3 N–H and O–H groups in total. The molecule has 3 heterocycles. The maximum absolute atomic E-state index is 11.2. The van der Waals surface area contributed by atoms with Crippen LogP contribution >= 0.6 is 0 Å². The summed E-state index contributed by atoms with van der Waals surface area (Å²) in [6.45, 7) is 8.66. The second-order valence-electron chi connectivity index (χ2n) is 7.41. The molecule has 1 aliphatic heterocycles. The predicted molar refractivity (Wildman–Crippen MR) is 87.4 cm³/mol. The monoisotopic (exact) mass is 332 g/mol. The zero-order chi connectivity index (χ0) is 17.3. The maximum Gasteiger partial charge on any atom is 0.269 e. The zero-order valence-corrected chi connectivity index (χ0v) is 14.4. The SMILES string of the molecule is CC(C)(C)c1noc(CN2CCCC(c3cc(C(N)=O)n[nH]3)C2)n1. The van der Waals surface area contributed by atoms with E-state index in [2.05, 4.69) is 46.0 Å². The highest BCUT2D eigenvalue weighted by Crippen LogP contribution is 2.27. The Bertz CT molecular complexity index is 714. The van der Waals surface area contributed by atoms with Crippen LogP contribution < -0.4 is 5.73 Å². The van der Waals surface area contributed by atoms with Gasteiger partial charge in [-0.15, -0.1) is 0 Å². The Morgan fingerprint density at radius 3 is 2.92 bits per heavy atom. The molecule has 0 bridgehead atoms. The van der Waals surface area contributed by atoms with E-state index in [4.69, 9.17) is 10.3 Å². The highest BCUT2D eigenvalue weighted by Gasteiger charge is 2.26. The first-order chi connectivity index (χ1) is 11.3. The van der Waals surface area contributed by atoms with E-state index in [1.807, 2.05) is 0 Å². The molecule has 1 saturated heterocycles. The van der Waals surface area contributed by atoms with E-state index in [0.717, 1.165) is 37.4 Å². The van der Waals surface area contributed by atoms with E-state index in [9.17, 15) is 4.79 Å². The summed E-state index contributed by atoms with van der Waals surface area (Å²) in [5, 5.41) is 11.0. The lowest BCUT2D eigenvalue weighted by molar-refractivity contribution is 0.0995. The summed E-state index contributed by atoms with van der Waals surface area (Å²) in [5.41, 5.74) is 6.39. The quantitative estimate of drug-likeness (QED) is 0.878. The Morgan fingerprint density at radius 2 is 2.29 bits per heavy atom. The van der Waals surface area contributed by atoms with Gasteiger partial charge < -0.3 is 10.3 Å². The summed E-state index contributed by atoms with van der Waals surface area (Å²) in [4.78, 5) is 18.0. The molecule has 1 atom stereocenters. The predicted octanol–water partition coefficient (Wildman–Crippen LogP) is 1.57. The zero-order valence-electron chi connectivity index (χ0n) is 14.4. The third kappa shape index (κ3) is 3.64. The fraction of sp³-hybridized carbons (Fsp3) is 0.625. The largest absolute Gasteiger partial charge is 0.364 e. The molecular formula is C16H24N6O2. The summed E-state index contributed by atoms with van der Waals surface area (Å²) in [5.74, 6) is 1.16.